The van der Waals surface area contributed by atoms with E-state index in [0.717, 1.165) is 12.8 Å². The Morgan fingerprint density at radius 1 is 1.26 bits per heavy atom. The monoisotopic (exact) mass is 290 g/mol. The SMILES string of the molecule is CCC(CC)(CNC(=O)NC(C(=O)O)C(C)C)SC. The second-order valence-electron chi connectivity index (χ2n) is 4.98. The maximum absolute atomic E-state index is 11.8. The molecule has 0 saturated carbocycles. The van der Waals surface area contributed by atoms with Gasteiger partial charge in [0.2, 0.25) is 0 Å². The highest BCUT2D eigenvalue weighted by molar-refractivity contribution is 8.00. The molecule has 5 nitrogen and oxygen atoms in total. The standard InChI is InChI=1S/C13H26N2O3S/c1-6-13(7-2,19-5)8-14-12(18)15-10(9(3)4)11(16)17/h9-10H,6-8H2,1-5H3,(H,16,17)(H2,14,15,18). The number of hydrogen-bond acceptors (Lipinski definition) is 3. The summed E-state index contributed by atoms with van der Waals surface area (Å²) in [5.74, 6) is -1.15. The summed E-state index contributed by atoms with van der Waals surface area (Å²) in [6.07, 6.45) is 3.94. The Balaban J connectivity index is 4.42. The van der Waals surface area contributed by atoms with Crippen LogP contribution in [0.5, 0.6) is 0 Å². The Kier molecular flexibility index (Phi) is 7.90. The summed E-state index contributed by atoms with van der Waals surface area (Å²) in [5, 5.41) is 14.3. The molecule has 0 heterocycles. The minimum Gasteiger partial charge on any atom is -0.480 e. The summed E-state index contributed by atoms with van der Waals surface area (Å²) < 4.78 is 0.0217. The Morgan fingerprint density at radius 2 is 1.79 bits per heavy atom. The lowest BCUT2D eigenvalue weighted by molar-refractivity contribution is -0.140. The Hall–Kier alpha value is -0.910. The van der Waals surface area contributed by atoms with Crippen LogP contribution in [0.2, 0.25) is 0 Å². The van der Waals surface area contributed by atoms with Crippen molar-refractivity contribution in [3.05, 3.63) is 0 Å². The largest absolute Gasteiger partial charge is 0.480 e. The van der Waals surface area contributed by atoms with Gasteiger partial charge in [0.15, 0.2) is 0 Å². The van der Waals surface area contributed by atoms with Gasteiger partial charge in [-0.2, -0.15) is 11.8 Å². The summed E-state index contributed by atoms with van der Waals surface area (Å²) in [5.41, 5.74) is 0. The maximum atomic E-state index is 11.8. The van der Waals surface area contributed by atoms with Crippen LogP contribution >= 0.6 is 11.8 Å². The van der Waals surface area contributed by atoms with Gasteiger partial charge >= 0.3 is 12.0 Å². The van der Waals surface area contributed by atoms with E-state index in [4.69, 9.17) is 5.11 Å². The third-order valence-electron chi connectivity index (χ3n) is 3.51. The fourth-order valence-corrected chi connectivity index (χ4v) is 2.60. The average Bonchev–Trinajstić information content (AvgIpc) is 2.37. The zero-order valence-corrected chi connectivity index (χ0v) is 13.3. The van der Waals surface area contributed by atoms with Crippen molar-refractivity contribution >= 4 is 23.8 Å². The zero-order chi connectivity index (χ0) is 15.1. The van der Waals surface area contributed by atoms with Gasteiger partial charge in [-0.1, -0.05) is 27.7 Å². The fourth-order valence-electron chi connectivity index (χ4n) is 1.81. The molecule has 0 radical (unpaired) electrons. The van der Waals surface area contributed by atoms with Gasteiger partial charge in [-0.05, 0) is 25.0 Å². The van der Waals surface area contributed by atoms with Crippen LogP contribution in [0.15, 0.2) is 0 Å². The lowest BCUT2D eigenvalue weighted by atomic mass is 10.0. The molecule has 0 fully saturated rings. The molecule has 0 aliphatic carbocycles. The number of carbonyl (C=O) groups excluding carboxylic acids is 1. The highest BCUT2D eigenvalue weighted by Crippen LogP contribution is 2.29. The molecule has 0 bridgehead atoms. The van der Waals surface area contributed by atoms with Gasteiger partial charge in [0.1, 0.15) is 6.04 Å². The molecule has 1 atom stereocenters. The zero-order valence-electron chi connectivity index (χ0n) is 12.4. The molecule has 0 rings (SSSR count). The molecule has 0 aliphatic heterocycles. The third kappa shape index (κ3) is 5.72. The predicted molar refractivity (Wildman–Crippen MR) is 79.6 cm³/mol. The molecule has 0 aliphatic rings. The number of carbonyl (C=O) groups is 2. The van der Waals surface area contributed by atoms with Crippen molar-refractivity contribution in [3.8, 4) is 0 Å². The first-order valence-corrected chi connectivity index (χ1v) is 7.86. The highest BCUT2D eigenvalue weighted by atomic mass is 32.2. The van der Waals surface area contributed by atoms with Crippen molar-refractivity contribution in [1.29, 1.82) is 0 Å². The number of hydrogen-bond donors (Lipinski definition) is 3. The van der Waals surface area contributed by atoms with E-state index in [2.05, 4.69) is 24.5 Å². The number of rotatable bonds is 8. The van der Waals surface area contributed by atoms with Crippen molar-refractivity contribution in [1.82, 2.24) is 10.6 Å². The number of amides is 2. The molecule has 0 aromatic rings. The molecular weight excluding hydrogens is 264 g/mol. The molecule has 0 aromatic carbocycles. The first kappa shape index (κ1) is 18.1. The summed E-state index contributed by atoms with van der Waals surface area (Å²) in [6.45, 7) is 8.26. The quantitative estimate of drug-likeness (QED) is 0.641. The molecule has 112 valence electrons. The normalized spacial score (nSPS) is 13.2. The van der Waals surface area contributed by atoms with Gasteiger partial charge in [0, 0.05) is 11.3 Å². The van der Waals surface area contributed by atoms with E-state index in [1.54, 1.807) is 25.6 Å². The second kappa shape index (κ2) is 8.30. The van der Waals surface area contributed by atoms with Gasteiger partial charge in [0.05, 0.1) is 0 Å². The van der Waals surface area contributed by atoms with E-state index < -0.39 is 18.0 Å². The van der Waals surface area contributed by atoms with E-state index in [1.165, 1.54) is 0 Å². The number of thioether (sulfide) groups is 1. The summed E-state index contributed by atoms with van der Waals surface area (Å²) >= 11 is 1.73. The molecule has 19 heavy (non-hydrogen) atoms. The van der Waals surface area contributed by atoms with Crippen LogP contribution in [0, 0.1) is 5.92 Å². The van der Waals surface area contributed by atoms with Crippen LogP contribution < -0.4 is 10.6 Å². The van der Waals surface area contributed by atoms with Crippen LogP contribution in [-0.4, -0.2) is 40.7 Å². The minimum atomic E-state index is -1.01. The Bertz CT molecular complexity index is 296. The molecule has 0 saturated heterocycles. The van der Waals surface area contributed by atoms with Crippen LogP contribution in [0.25, 0.3) is 0 Å². The maximum Gasteiger partial charge on any atom is 0.326 e. The number of urea groups is 1. The van der Waals surface area contributed by atoms with Gasteiger partial charge in [-0.3, -0.25) is 0 Å². The first-order valence-electron chi connectivity index (χ1n) is 6.64. The molecule has 2 amide bonds. The third-order valence-corrected chi connectivity index (χ3v) is 5.10. The van der Waals surface area contributed by atoms with Crippen molar-refractivity contribution in [2.75, 3.05) is 12.8 Å². The van der Waals surface area contributed by atoms with Crippen molar-refractivity contribution in [2.45, 2.75) is 51.3 Å². The Labute approximate surface area is 119 Å². The van der Waals surface area contributed by atoms with E-state index in [9.17, 15) is 9.59 Å². The van der Waals surface area contributed by atoms with Gasteiger partial charge < -0.3 is 15.7 Å². The molecule has 0 aromatic heterocycles. The molecule has 1 unspecified atom stereocenters. The smallest absolute Gasteiger partial charge is 0.326 e. The lowest BCUT2D eigenvalue weighted by Gasteiger charge is -2.30. The summed E-state index contributed by atoms with van der Waals surface area (Å²) in [6, 6.07) is -1.27. The number of carboxylic acid groups (broad SMARTS) is 1. The lowest BCUT2D eigenvalue weighted by Crippen LogP contribution is -2.51. The van der Waals surface area contributed by atoms with Gasteiger partial charge in [-0.15, -0.1) is 0 Å². The average molecular weight is 290 g/mol. The van der Waals surface area contributed by atoms with Crippen LogP contribution in [0.1, 0.15) is 40.5 Å². The number of nitrogens with one attached hydrogen (secondary N) is 2. The van der Waals surface area contributed by atoms with E-state index in [1.807, 2.05) is 6.26 Å². The van der Waals surface area contributed by atoms with Gasteiger partial charge in [0.25, 0.3) is 0 Å². The van der Waals surface area contributed by atoms with Crippen molar-refractivity contribution in [2.24, 2.45) is 5.92 Å². The molecule has 6 heteroatoms. The van der Waals surface area contributed by atoms with Gasteiger partial charge in [-0.25, -0.2) is 9.59 Å². The highest BCUT2D eigenvalue weighted by Gasteiger charge is 2.27. The van der Waals surface area contributed by atoms with Crippen LogP contribution in [-0.2, 0) is 4.79 Å². The van der Waals surface area contributed by atoms with Crippen LogP contribution in [0.3, 0.4) is 0 Å². The van der Waals surface area contributed by atoms with Crippen molar-refractivity contribution < 1.29 is 14.7 Å². The predicted octanol–water partition coefficient (Wildman–Crippen LogP) is 2.32. The summed E-state index contributed by atoms with van der Waals surface area (Å²) in [7, 11) is 0. The van der Waals surface area contributed by atoms with Crippen LogP contribution in [0.4, 0.5) is 4.79 Å². The minimum absolute atomic E-state index is 0.0217. The van der Waals surface area contributed by atoms with Crippen molar-refractivity contribution in [3.63, 3.8) is 0 Å². The fraction of sp³-hybridized carbons (Fsp3) is 0.846. The first-order chi connectivity index (χ1) is 8.81. The number of aliphatic carboxylic acids is 1. The topological polar surface area (TPSA) is 78.4 Å². The molecule has 0 spiro atoms. The molecule has 3 N–H and O–H groups in total. The summed E-state index contributed by atoms with van der Waals surface area (Å²) in [4.78, 5) is 22.8. The Morgan fingerprint density at radius 3 is 2.11 bits per heavy atom. The molecular formula is C13H26N2O3S. The van der Waals surface area contributed by atoms with E-state index in [-0.39, 0.29) is 10.7 Å². The van der Waals surface area contributed by atoms with E-state index in [0.29, 0.717) is 6.54 Å². The van der Waals surface area contributed by atoms with E-state index >= 15 is 0 Å². The number of carboxylic acids is 1. The second-order valence-corrected chi connectivity index (χ2v) is 6.26.